The number of amides is 1. The summed E-state index contributed by atoms with van der Waals surface area (Å²) in [6.45, 7) is 18.1. The first kappa shape index (κ1) is 13.1. The lowest BCUT2D eigenvalue weighted by Crippen LogP contribution is -2.58. The number of carbonyl (C=O) groups excluding carboxylic acids is 1. The fourth-order valence-corrected chi connectivity index (χ4v) is 2.09. The smallest absolute Gasteiger partial charge is 0.270 e. The van der Waals surface area contributed by atoms with E-state index in [1.807, 2.05) is 4.90 Å². The van der Waals surface area contributed by atoms with Gasteiger partial charge in [0.25, 0.3) is 5.91 Å². The Morgan fingerprint density at radius 2 is 1.31 bits per heavy atom. The summed E-state index contributed by atoms with van der Waals surface area (Å²) in [5.41, 5.74) is 0.467. The molecule has 1 aliphatic rings. The molecule has 0 radical (unpaired) electrons. The van der Waals surface area contributed by atoms with Gasteiger partial charge in [0.05, 0.1) is 5.70 Å². The molecule has 1 heterocycles. The van der Waals surface area contributed by atoms with Crippen LogP contribution in [0.15, 0.2) is 12.3 Å². The van der Waals surface area contributed by atoms with Crippen LogP contribution in [-0.2, 0) is 4.79 Å². The Balaban J connectivity index is 2.90. The molecule has 1 rings (SSSR count). The molecule has 0 aromatic heterocycles. The predicted octanol–water partition coefficient (Wildman–Crippen LogP) is 2.24. The summed E-state index contributed by atoms with van der Waals surface area (Å²) in [7, 11) is 0. The number of carbonyl (C=O) groups is 1. The van der Waals surface area contributed by atoms with Crippen molar-refractivity contribution in [2.24, 2.45) is 0 Å². The minimum atomic E-state index is -0.121. The minimum Gasteiger partial charge on any atom is -0.361 e. The maximum Gasteiger partial charge on any atom is 0.270 e. The van der Waals surface area contributed by atoms with Crippen LogP contribution in [0.2, 0.25) is 0 Å². The maximum absolute atomic E-state index is 12.2. The summed E-state index contributed by atoms with van der Waals surface area (Å²) in [6.07, 6.45) is 0. The van der Waals surface area contributed by atoms with Crippen molar-refractivity contribution in [1.29, 1.82) is 0 Å². The van der Waals surface area contributed by atoms with Gasteiger partial charge in [-0.25, -0.2) is 0 Å². The van der Waals surface area contributed by atoms with E-state index in [1.54, 1.807) is 0 Å². The average Bonchev–Trinajstić information content (AvgIpc) is 2.05. The highest BCUT2D eigenvalue weighted by atomic mass is 16.2. The topological polar surface area (TPSA) is 23.6 Å². The number of hydrogen-bond donors (Lipinski definition) is 0. The molecule has 0 bridgehead atoms. The first-order valence-electron chi connectivity index (χ1n) is 5.83. The molecule has 0 aromatic rings. The van der Waals surface area contributed by atoms with Crippen molar-refractivity contribution in [3.63, 3.8) is 0 Å². The molecule has 0 aliphatic carbocycles. The van der Waals surface area contributed by atoms with Gasteiger partial charge in [-0.2, -0.15) is 0 Å². The predicted molar refractivity (Wildman–Crippen MR) is 67.1 cm³/mol. The SMILES string of the molecule is C=C1C(=O)N(C(C)(C)C)CCN1C(C)(C)C. The van der Waals surface area contributed by atoms with E-state index >= 15 is 0 Å². The quantitative estimate of drug-likeness (QED) is 0.589. The lowest BCUT2D eigenvalue weighted by molar-refractivity contribution is -0.138. The van der Waals surface area contributed by atoms with Gasteiger partial charge >= 0.3 is 0 Å². The first-order chi connectivity index (χ1) is 7.05. The molecule has 0 unspecified atom stereocenters. The van der Waals surface area contributed by atoms with Crippen LogP contribution in [-0.4, -0.2) is 39.9 Å². The number of piperazine rings is 1. The zero-order chi connectivity index (χ0) is 12.7. The molecule has 1 aliphatic heterocycles. The zero-order valence-electron chi connectivity index (χ0n) is 11.4. The fourth-order valence-electron chi connectivity index (χ4n) is 2.09. The third kappa shape index (κ3) is 2.39. The van der Waals surface area contributed by atoms with Crippen molar-refractivity contribution in [2.75, 3.05) is 13.1 Å². The van der Waals surface area contributed by atoms with Crippen LogP contribution in [0.5, 0.6) is 0 Å². The molecule has 16 heavy (non-hydrogen) atoms. The number of nitrogens with zero attached hydrogens (tertiary/aromatic N) is 2. The minimum absolute atomic E-state index is 0.0310. The van der Waals surface area contributed by atoms with Gasteiger partial charge in [-0.3, -0.25) is 4.79 Å². The second kappa shape index (κ2) is 3.79. The number of hydrogen-bond acceptors (Lipinski definition) is 2. The second-order valence-corrected chi connectivity index (χ2v) is 6.40. The Morgan fingerprint density at radius 3 is 1.69 bits per heavy atom. The molecule has 0 N–H and O–H groups in total. The fraction of sp³-hybridized carbons (Fsp3) is 0.769. The normalized spacial score (nSPS) is 19.4. The largest absolute Gasteiger partial charge is 0.361 e. The molecular weight excluding hydrogens is 200 g/mol. The first-order valence-corrected chi connectivity index (χ1v) is 5.83. The molecule has 3 heteroatoms. The Morgan fingerprint density at radius 1 is 0.938 bits per heavy atom. The van der Waals surface area contributed by atoms with Gasteiger partial charge in [0.1, 0.15) is 0 Å². The van der Waals surface area contributed by atoms with Crippen LogP contribution in [0, 0.1) is 0 Å². The molecule has 3 nitrogen and oxygen atoms in total. The van der Waals surface area contributed by atoms with Gasteiger partial charge in [0.15, 0.2) is 0 Å². The van der Waals surface area contributed by atoms with Crippen molar-refractivity contribution >= 4 is 5.91 Å². The highest BCUT2D eigenvalue weighted by molar-refractivity contribution is 5.93. The van der Waals surface area contributed by atoms with Crippen molar-refractivity contribution < 1.29 is 4.79 Å². The van der Waals surface area contributed by atoms with Crippen LogP contribution in [0.3, 0.4) is 0 Å². The maximum atomic E-state index is 12.2. The summed E-state index contributed by atoms with van der Waals surface area (Å²) >= 11 is 0. The van der Waals surface area contributed by atoms with Gasteiger partial charge in [0.2, 0.25) is 0 Å². The monoisotopic (exact) mass is 224 g/mol. The van der Waals surface area contributed by atoms with Crippen molar-refractivity contribution in [2.45, 2.75) is 52.6 Å². The molecule has 0 spiro atoms. The van der Waals surface area contributed by atoms with E-state index in [1.165, 1.54) is 0 Å². The molecule has 92 valence electrons. The van der Waals surface area contributed by atoms with Gasteiger partial charge in [-0.15, -0.1) is 0 Å². The zero-order valence-corrected chi connectivity index (χ0v) is 11.4. The van der Waals surface area contributed by atoms with E-state index in [0.717, 1.165) is 13.1 Å². The van der Waals surface area contributed by atoms with E-state index < -0.39 is 0 Å². The standard InChI is InChI=1S/C13H24N2O/c1-10-11(16)15(13(5,6)7)9-8-14(10)12(2,3)4/h1,8-9H2,2-7H3. The van der Waals surface area contributed by atoms with E-state index in [0.29, 0.717) is 5.70 Å². The molecule has 0 atom stereocenters. The third-order valence-electron chi connectivity index (χ3n) is 2.98. The summed E-state index contributed by atoms with van der Waals surface area (Å²) in [5, 5.41) is 0. The van der Waals surface area contributed by atoms with Gasteiger partial charge in [0, 0.05) is 24.2 Å². The van der Waals surface area contributed by atoms with Crippen LogP contribution >= 0.6 is 0 Å². The van der Waals surface area contributed by atoms with Gasteiger partial charge in [-0.1, -0.05) is 6.58 Å². The Bertz CT molecular complexity index is 275. The molecule has 1 saturated heterocycles. The van der Waals surface area contributed by atoms with Crippen LogP contribution in [0.1, 0.15) is 41.5 Å². The molecule has 0 aromatic carbocycles. The summed E-state index contributed by atoms with van der Waals surface area (Å²) in [5.74, 6) is 0.0636. The van der Waals surface area contributed by atoms with Crippen molar-refractivity contribution in [3.8, 4) is 0 Å². The van der Waals surface area contributed by atoms with Crippen molar-refractivity contribution in [1.82, 2.24) is 9.80 Å². The lowest BCUT2D eigenvalue weighted by Gasteiger charge is -2.48. The van der Waals surface area contributed by atoms with Crippen LogP contribution in [0.4, 0.5) is 0 Å². The Kier molecular flexibility index (Phi) is 3.10. The Hall–Kier alpha value is -0.990. The molecule has 0 saturated carbocycles. The van der Waals surface area contributed by atoms with Gasteiger partial charge in [-0.05, 0) is 41.5 Å². The molecular formula is C13H24N2O. The second-order valence-electron chi connectivity index (χ2n) is 6.40. The average molecular weight is 224 g/mol. The highest BCUT2D eigenvalue weighted by Gasteiger charge is 2.37. The lowest BCUT2D eigenvalue weighted by atomic mass is 9.99. The summed E-state index contributed by atoms with van der Waals surface area (Å²) in [6, 6.07) is 0. The van der Waals surface area contributed by atoms with Crippen LogP contribution < -0.4 is 0 Å². The van der Waals surface area contributed by atoms with E-state index in [2.05, 4.69) is 53.0 Å². The van der Waals surface area contributed by atoms with Crippen molar-refractivity contribution in [3.05, 3.63) is 12.3 Å². The van der Waals surface area contributed by atoms with Crippen LogP contribution in [0.25, 0.3) is 0 Å². The van der Waals surface area contributed by atoms with E-state index in [4.69, 9.17) is 0 Å². The Labute approximate surface area is 99.1 Å². The highest BCUT2D eigenvalue weighted by Crippen LogP contribution is 2.27. The van der Waals surface area contributed by atoms with E-state index in [-0.39, 0.29) is 17.0 Å². The summed E-state index contributed by atoms with van der Waals surface area (Å²) in [4.78, 5) is 16.2. The third-order valence-corrected chi connectivity index (χ3v) is 2.98. The molecule has 1 amide bonds. The van der Waals surface area contributed by atoms with E-state index in [9.17, 15) is 4.79 Å². The number of rotatable bonds is 0. The molecule has 1 fully saturated rings. The van der Waals surface area contributed by atoms with Gasteiger partial charge < -0.3 is 9.80 Å². The summed E-state index contributed by atoms with van der Waals surface area (Å²) < 4.78 is 0.